The van der Waals surface area contributed by atoms with Crippen LogP contribution in [0.1, 0.15) is 6.42 Å². The average molecular weight is 334 g/mol. The predicted molar refractivity (Wildman–Crippen MR) is 98.5 cm³/mol. The molecule has 0 saturated heterocycles. The maximum Gasteiger partial charge on any atom is 0.319 e. The van der Waals surface area contributed by atoms with E-state index >= 15 is 0 Å². The van der Waals surface area contributed by atoms with Crippen LogP contribution in [-0.4, -0.2) is 23.5 Å². The number of amides is 3. The van der Waals surface area contributed by atoms with Gasteiger partial charge in [-0.15, -0.1) is 0 Å². The molecule has 3 amide bonds. The fourth-order valence-corrected chi connectivity index (χ4v) is 2.45. The summed E-state index contributed by atoms with van der Waals surface area (Å²) in [4.78, 5) is 27.7. The van der Waals surface area contributed by atoms with Crippen LogP contribution in [0, 0.1) is 0 Å². The van der Waals surface area contributed by atoms with Gasteiger partial charge in [-0.05, 0) is 23.6 Å². The van der Waals surface area contributed by atoms with Crippen molar-refractivity contribution < 1.29 is 9.59 Å². The number of urea groups is 1. The van der Waals surface area contributed by atoms with Crippen LogP contribution in [0.5, 0.6) is 0 Å². The van der Waals surface area contributed by atoms with Gasteiger partial charge in [0.25, 0.3) is 0 Å². The van der Waals surface area contributed by atoms with E-state index in [1.54, 1.807) is 24.5 Å². The molecule has 3 N–H and O–H groups in total. The first-order chi connectivity index (χ1) is 12.2. The summed E-state index contributed by atoms with van der Waals surface area (Å²) in [6.07, 6.45) is 3.39. The van der Waals surface area contributed by atoms with Crippen LogP contribution >= 0.6 is 0 Å². The van der Waals surface area contributed by atoms with E-state index in [1.807, 2.05) is 42.5 Å². The largest absolute Gasteiger partial charge is 0.337 e. The van der Waals surface area contributed by atoms with Crippen molar-refractivity contribution in [1.29, 1.82) is 0 Å². The molecule has 0 saturated carbocycles. The van der Waals surface area contributed by atoms with Gasteiger partial charge in [-0.1, -0.05) is 36.4 Å². The minimum absolute atomic E-state index is 0.170. The molecule has 0 aliphatic rings. The standard InChI is InChI=1S/C19H18N4O2/c24-18(22-15-8-11-20-12-9-15)10-13-21-19(25)23-17-7-3-5-14-4-1-2-6-16(14)17/h1-9,11-12H,10,13H2,(H,20,22,24)(H2,21,23,25). The normalized spacial score (nSPS) is 10.2. The van der Waals surface area contributed by atoms with Gasteiger partial charge >= 0.3 is 6.03 Å². The Kier molecular flexibility index (Phi) is 5.21. The van der Waals surface area contributed by atoms with E-state index in [-0.39, 0.29) is 24.9 Å². The summed E-state index contributed by atoms with van der Waals surface area (Å²) in [7, 11) is 0. The minimum Gasteiger partial charge on any atom is -0.337 e. The summed E-state index contributed by atoms with van der Waals surface area (Å²) in [5, 5.41) is 10.3. The lowest BCUT2D eigenvalue weighted by Crippen LogP contribution is -2.31. The van der Waals surface area contributed by atoms with Crippen molar-refractivity contribution in [3.05, 3.63) is 67.0 Å². The molecule has 2 aromatic carbocycles. The number of nitrogens with zero attached hydrogens (tertiary/aromatic N) is 1. The Morgan fingerprint density at radius 2 is 1.64 bits per heavy atom. The van der Waals surface area contributed by atoms with Gasteiger partial charge in [0.1, 0.15) is 0 Å². The number of carbonyl (C=O) groups excluding carboxylic acids is 2. The van der Waals surface area contributed by atoms with Crippen LogP contribution in [0.25, 0.3) is 10.8 Å². The fourth-order valence-electron chi connectivity index (χ4n) is 2.45. The zero-order chi connectivity index (χ0) is 17.5. The van der Waals surface area contributed by atoms with E-state index in [2.05, 4.69) is 20.9 Å². The van der Waals surface area contributed by atoms with Crippen molar-refractivity contribution in [1.82, 2.24) is 10.3 Å². The van der Waals surface area contributed by atoms with Crippen molar-refractivity contribution in [2.75, 3.05) is 17.2 Å². The van der Waals surface area contributed by atoms with Gasteiger partial charge < -0.3 is 16.0 Å². The molecular formula is C19H18N4O2. The molecule has 25 heavy (non-hydrogen) atoms. The summed E-state index contributed by atoms with van der Waals surface area (Å²) in [6, 6.07) is 16.6. The number of carbonyl (C=O) groups is 2. The number of nitrogens with one attached hydrogen (secondary N) is 3. The lowest BCUT2D eigenvalue weighted by molar-refractivity contribution is -0.116. The molecule has 3 rings (SSSR count). The van der Waals surface area contributed by atoms with Crippen molar-refractivity contribution in [3.8, 4) is 0 Å². The monoisotopic (exact) mass is 334 g/mol. The van der Waals surface area contributed by atoms with Gasteiger partial charge in [-0.3, -0.25) is 9.78 Å². The minimum atomic E-state index is -0.340. The highest BCUT2D eigenvalue weighted by Crippen LogP contribution is 2.22. The van der Waals surface area contributed by atoms with Crippen molar-refractivity contribution in [2.45, 2.75) is 6.42 Å². The highest BCUT2D eigenvalue weighted by molar-refractivity contribution is 6.01. The SMILES string of the molecule is O=C(CCNC(=O)Nc1cccc2ccccc12)Nc1ccncc1. The van der Waals surface area contributed by atoms with Crippen molar-refractivity contribution >= 4 is 34.1 Å². The van der Waals surface area contributed by atoms with Crippen molar-refractivity contribution in [3.63, 3.8) is 0 Å². The number of hydrogen-bond donors (Lipinski definition) is 3. The van der Waals surface area contributed by atoms with Crippen LogP contribution in [0.4, 0.5) is 16.2 Å². The van der Waals surface area contributed by atoms with Gasteiger partial charge in [0.15, 0.2) is 0 Å². The summed E-state index contributed by atoms with van der Waals surface area (Å²) in [5.41, 5.74) is 1.41. The maximum absolute atomic E-state index is 12.0. The summed E-state index contributed by atoms with van der Waals surface area (Å²) >= 11 is 0. The Labute approximate surface area is 145 Å². The first-order valence-corrected chi connectivity index (χ1v) is 7.95. The molecule has 3 aromatic rings. The third kappa shape index (κ3) is 4.54. The van der Waals surface area contributed by atoms with E-state index in [1.165, 1.54) is 0 Å². The lowest BCUT2D eigenvalue weighted by Gasteiger charge is -2.10. The number of benzene rings is 2. The number of pyridine rings is 1. The Hall–Kier alpha value is -3.41. The highest BCUT2D eigenvalue weighted by Gasteiger charge is 2.07. The maximum atomic E-state index is 12.0. The molecule has 1 aromatic heterocycles. The fraction of sp³-hybridized carbons (Fsp3) is 0.105. The number of rotatable bonds is 5. The Bertz CT molecular complexity index is 875. The summed E-state index contributed by atoms with van der Waals surface area (Å²) < 4.78 is 0. The van der Waals surface area contributed by atoms with Crippen LogP contribution in [0.3, 0.4) is 0 Å². The molecule has 0 bridgehead atoms. The molecular weight excluding hydrogens is 316 g/mol. The van der Waals surface area contributed by atoms with Crippen LogP contribution in [0.15, 0.2) is 67.0 Å². The van der Waals surface area contributed by atoms with E-state index in [4.69, 9.17) is 0 Å². The molecule has 0 aliphatic heterocycles. The third-order valence-electron chi connectivity index (χ3n) is 3.64. The molecule has 0 unspecified atom stereocenters. The summed E-state index contributed by atoms with van der Waals surface area (Å²) in [6.45, 7) is 0.244. The second kappa shape index (κ2) is 7.92. The van der Waals surface area contributed by atoms with Crippen LogP contribution in [0.2, 0.25) is 0 Å². The molecule has 0 atom stereocenters. The van der Waals surface area contributed by atoms with Crippen molar-refractivity contribution in [2.24, 2.45) is 0 Å². The lowest BCUT2D eigenvalue weighted by atomic mass is 10.1. The smallest absolute Gasteiger partial charge is 0.319 e. The topological polar surface area (TPSA) is 83.1 Å². The summed E-state index contributed by atoms with van der Waals surface area (Å²) in [5.74, 6) is -0.170. The highest BCUT2D eigenvalue weighted by atomic mass is 16.2. The van der Waals surface area contributed by atoms with Gasteiger partial charge in [0.05, 0.1) is 5.69 Å². The van der Waals surface area contributed by atoms with E-state index in [0.29, 0.717) is 5.69 Å². The first-order valence-electron chi connectivity index (χ1n) is 7.95. The van der Waals surface area contributed by atoms with E-state index in [9.17, 15) is 9.59 Å². The van der Waals surface area contributed by atoms with E-state index in [0.717, 1.165) is 16.5 Å². The zero-order valence-corrected chi connectivity index (χ0v) is 13.5. The number of aromatic nitrogens is 1. The average Bonchev–Trinajstić information content (AvgIpc) is 2.63. The predicted octanol–water partition coefficient (Wildman–Crippen LogP) is 3.39. The molecule has 1 heterocycles. The second-order valence-corrected chi connectivity index (χ2v) is 5.44. The Morgan fingerprint density at radius 1 is 0.880 bits per heavy atom. The van der Waals surface area contributed by atoms with Gasteiger partial charge in [-0.2, -0.15) is 0 Å². The molecule has 0 fully saturated rings. The van der Waals surface area contributed by atoms with E-state index < -0.39 is 0 Å². The first kappa shape index (κ1) is 16.4. The molecule has 0 aliphatic carbocycles. The van der Waals surface area contributed by atoms with Gasteiger partial charge in [-0.25, -0.2) is 4.79 Å². The third-order valence-corrected chi connectivity index (χ3v) is 3.64. The molecule has 6 heteroatoms. The van der Waals surface area contributed by atoms with Crippen LogP contribution < -0.4 is 16.0 Å². The Balaban J connectivity index is 1.49. The number of fused-ring (bicyclic) bond motifs is 1. The van der Waals surface area contributed by atoms with Crippen LogP contribution in [-0.2, 0) is 4.79 Å². The van der Waals surface area contributed by atoms with Gasteiger partial charge in [0.2, 0.25) is 5.91 Å². The molecule has 126 valence electrons. The number of anilines is 2. The second-order valence-electron chi connectivity index (χ2n) is 5.44. The molecule has 6 nitrogen and oxygen atoms in total. The zero-order valence-electron chi connectivity index (χ0n) is 13.5. The Morgan fingerprint density at radius 3 is 2.48 bits per heavy atom. The molecule has 0 spiro atoms. The number of hydrogen-bond acceptors (Lipinski definition) is 3. The van der Waals surface area contributed by atoms with Gasteiger partial charge in [0, 0.05) is 36.4 Å². The molecule has 0 radical (unpaired) electrons. The quantitative estimate of drug-likeness (QED) is 0.669.